The van der Waals surface area contributed by atoms with E-state index in [1.54, 1.807) is 17.1 Å². The standard InChI is InChI=1S/C13H21N3O/c1-11(12-5-3-2-4-6-12)15-13(17)9-16-8-7-14-10-16/h7-8,10-12H,2-6,9H2,1H3,(H,15,17)/t11-/m1/s1. The third-order valence-electron chi connectivity index (χ3n) is 3.63. The molecule has 1 aromatic rings. The SMILES string of the molecule is C[C@@H](NC(=O)Cn1ccnc1)C1CCCCC1. The molecule has 0 radical (unpaired) electrons. The van der Waals surface area contributed by atoms with Gasteiger partial charge < -0.3 is 9.88 Å². The molecule has 94 valence electrons. The van der Waals surface area contributed by atoms with Crippen LogP contribution in [0.15, 0.2) is 18.7 Å². The van der Waals surface area contributed by atoms with Gasteiger partial charge in [0.05, 0.1) is 6.33 Å². The Hall–Kier alpha value is -1.32. The number of nitrogens with zero attached hydrogens (tertiary/aromatic N) is 2. The molecule has 17 heavy (non-hydrogen) atoms. The number of carbonyl (C=O) groups excluding carboxylic acids is 1. The van der Waals surface area contributed by atoms with Crippen LogP contribution < -0.4 is 5.32 Å². The summed E-state index contributed by atoms with van der Waals surface area (Å²) < 4.78 is 1.79. The zero-order chi connectivity index (χ0) is 12.1. The maximum atomic E-state index is 11.8. The van der Waals surface area contributed by atoms with E-state index in [0.29, 0.717) is 18.5 Å². The maximum absolute atomic E-state index is 11.8. The highest BCUT2D eigenvalue weighted by molar-refractivity contribution is 5.76. The van der Waals surface area contributed by atoms with Gasteiger partial charge in [-0.15, -0.1) is 0 Å². The minimum absolute atomic E-state index is 0.0843. The smallest absolute Gasteiger partial charge is 0.240 e. The van der Waals surface area contributed by atoms with Crippen molar-refractivity contribution in [2.45, 2.75) is 51.6 Å². The van der Waals surface area contributed by atoms with Crippen LogP contribution in [0, 0.1) is 5.92 Å². The van der Waals surface area contributed by atoms with Crippen LogP contribution in [0.25, 0.3) is 0 Å². The molecule has 1 atom stereocenters. The topological polar surface area (TPSA) is 46.9 Å². The van der Waals surface area contributed by atoms with Gasteiger partial charge in [0.25, 0.3) is 0 Å². The number of aromatic nitrogens is 2. The summed E-state index contributed by atoms with van der Waals surface area (Å²) in [5.74, 6) is 0.747. The number of rotatable bonds is 4. The van der Waals surface area contributed by atoms with E-state index in [9.17, 15) is 4.79 Å². The number of nitrogens with one attached hydrogen (secondary N) is 1. The number of hydrogen-bond acceptors (Lipinski definition) is 2. The molecular weight excluding hydrogens is 214 g/mol. The molecule has 4 nitrogen and oxygen atoms in total. The normalized spacial score (nSPS) is 18.9. The van der Waals surface area contributed by atoms with Crippen molar-refractivity contribution < 1.29 is 4.79 Å². The van der Waals surface area contributed by atoms with E-state index >= 15 is 0 Å². The van der Waals surface area contributed by atoms with Crippen LogP contribution in [0.5, 0.6) is 0 Å². The molecule has 1 fully saturated rings. The van der Waals surface area contributed by atoms with Crippen LogP contribution in [0.2, 0.25) is 0 Å². The van der Waals surface area contributed by atoms with Crippen molar-refractivity contribution in [1.82, 2.24) is 14.9 Å². The Kier molecular flexibility index (Phi) is 4.18. The molecular formula is C13H21N3O. The predicted octanol–water partition coefficient (Wildman–Crippen LogP) is 1.97. The van der Waals surface area contributed by atoms with Gasteiger partial charge in [-0.05, 0) is 25.7 Å². The zero-order valence-corrected chi connectivity index (χ0v) is 10.4. The summed E-state index contributed by atoms with van der Waals surface area (Å²) in [6, 6.07) is 0.298. The minimum atomic E-state index is 0.0843. The van der Waals surface area contributed by atoms with Crippen LogP contribution in [0.1, 0.15) is 39.0 Å². The van der Waals surface area contributed by atoms with Crippen molar-refractivity contribution >= 4 is 5.91 Å². The third-order valence-corrected chi connectivity index (χ3v) is 3.63. The summed E-state index contributed by atoms with van der Waals surface area (Å²) in [4.78, 5) is 15.7. The highest BCUT2D eigenvalue weighted by Gasteiger charge is 2.21. The van der Waals surface area contributed by atoms with Gasteiger partial charge in [0.2, 0.25) is 5.91 Å². The quantitative estimate of drug-likeness (QED) is 0.867. The van der Waals surface area contributed by atoms with Crippen molar-refractivity contribution in [2.75, 3.05) is 0 Å². The summed E-state index contributed by atoms with van der Waals surface area (Å²) in [5.41, 5.74) is 0. The van der Waals surface area contributed by atoms with Crippen LogP contribution in [0.4, 0.5) is 0 Å². The lowest BCUT2D eigenvalue weighted by Gasteiger charge is -2.28. The Morgan fingerprint density at radius 1 is 1.47 bits per heavy atom. The Balaban J connectivity index is 1.77. The molecule has 1 aromatic heterocycles. The first-order valence-corrected chi connectivity index (χ1v) is 6.51. The number of carbonyl (C=O) groups is 1. The fraction of sp³-hybridized carbons (Fsp3) is 0.692. The molecule has 1 saturated carbocycles. The predicted molar refractivity (Wildman–Crippen MR) is 66.4 cm³/mol. The molecule has 1 aliphatic rings. The Morgan fingerprint density at radius 3 is 2.88 bits per heavy atom. The summed E-state index contributed by atoms with van der Waals surface area (Å²) in [5, 5.41) is 3.10. The van der Waals surface area contributed by atoms with E-state index in [0.717, 1.165) is 0 Å². The molecule has 0 spiro atoms. The second-order valence-electron chi connectivity index (χ2n) is 4.99. The van der Waals surface area contributed by atoms with E-state index < -0.39 is 0 Å². The molecule has 0 unspecified atom stereocenters. The van der Waals surface area contributed by atoms with Gasteiger partial charge >= 0.3 is 0 Å². The molecule has 2 rings (SSSR count). The van der Waals surface area contributed by atoms with E-state index in [4.69, 9.17) is 0 Å². The monoisotopic (exact) mass is 235 g/mol. The number of hydrogen-bond donors (Lipinski definition) is 1. The maximum Gasteiger partial charge on any atom is 0.240 e. The summed E-state index contributed by atoms with van der Waals surface area (Å²) in [6.07, 6.45) is 11.7. The first-order chi connectivity index (χ1) is 8.25. The lowest BCUT2D eigenvalue weighted by molar-refractivity contribution is -0.122. The summed E-state index contributed by atoms with van der Waals surface area (Å²) >= 11 is 0. The molecule has 1 N–H and O–H groups in total. The number of amides is 1. The number of imidazole rings is 1. The van der Waals surface area contributed by atoms with Crippen molar-refractivity contribution in [2.24, 2.45) is 5.92 Å². The Labute approximate surface area is 102 Å². The average molecular weight is 235 g/mol. The minimum Gasteiger partial charge on any atom is -0.352 e. The summed E-state index contributed by atoms with van der Waals surface area (Å²) in [6.45, 7) is 2.50. The second kappa shape index (κ2) is 5.84. The lowest BCUT2D eigenvalue weighted by Crippen LogP contribution is -2.40. The third kappa shape index (κ3) is 3.58. The fourth-order valence-corrected chi connectivity index (χ4v) is 2.60. The molecule has 1 amide bonds. The van der Waals surface area contributed by atoms with Crippen molar-refractivity contribution in [3.8, 4) is 0 Å². The van der Waals surface area contributed by atoms with E-state index in [1.165, 1.54) is 32.1 Å². The molecule has 4 heteroatoms. The lowest BCUT2D eigenvalue weighted by atomic mass is 9.84. The fourth-order valence-electron chi connectivity index (χ4n) is 2.60. The Bertz CT molecular complexity index is 342. The van der Waals surface area contributed by atoms with Crippen LogP contribution in [0.3, 0.4) is 0 Å². The molecule has 0 aliphatic heterocycles. The van der Waals surface area contributed by atoms with Gasteiger partial charge in [0.15, 0.2) is 0 Å². The van der Waals surface area contributed by atoms with Gasteiger partial charge in [0.1, 0.15) is 6.54 Å². The molecule has 1 aliphatic carbocycles. The van der Waals surface area contributed by atoms with Gasteiger partial charge in [0, 0.05) is 18.4 Å². The highest BCUT2D eigenvalue weighted by Crippen LogP contribution is 2.26. The zero-order valence-electron chi connectivity index (χ0n) is 10.4. The molecule has 1 heterocycles. The van der Waals surface area contributed by atoms with Gasteiger partial charge in [-0.3, -0.25) is 4.79 Å². The van der Waals surface area contributed by atoms with Crippen molar-refractivity contribution in [3.63, 3.8) is 0 Å². The molecule has 0 bridgehead atoms. The van der Waals surface area contributed by atoms with Crippen molar-refractivity contribution in [3.05, 3.63) is 18.7 Å². The van der Waals surface area contributed by atoms with Gasteiger partial charge in [-0.1, -0.05) is 19.3 Å². The average Bonchev–Trinajstić information content (AvgIpc) is 2.82. The first-order valence-electron chi connectivity index (χ1n) is 6.51. The van der Waals surface area contributed by atoms with E-state index in [1.807, 2.05) is 6.20 Å². The van der Waals surface area contributed by atoms with Crippen LogP contribution in [-0.2, 0) is 11.3 Å². The molecule has 0 aromatic carbocycles. The first kappa shape index (κ1) is 12.1. The second-order valence-corrected chi connectivity index (χ2v) is 4.99. The Morgan fingerprint density at radius 2 is 2.24 bits per heavy atom. The highest BCUT2D eigenvalue weighted by atomic mass is 16.2. The summed E-state index contributed by atoms with van der Waals surface area (Å²) in [7, 11) is 0. The molecule has 0 saturated heterocycles. The van der Waals surface area contributed by atoms with Gasteiger partial charge in [-0.2, -0.15) is 0 Å². The van der Waals surface area contributed by atoms with Crippen molar-refractivity contribution in [1.29, 1.82) is 0 Å². The van der Waals surface area contributed by atoms with E-state index in [2.05, 4.69) is 17.2 Å². The van der Waals surface area contributed by atoms with Gasteiger partial charge in [-0.25, -0.2) is 4.98 Å². The largest absolute Gasteiger partial charge is 0.352 e. The van der Waals surface area contributed by atoms with E-state index in [-0.39, 0.29) is 5.91 Å². The van der Waals surface area contributed by atoms with Crippen LogP contribution in [-0.4, -0.2) is 21.5 Å². The van der Waals surface area contributed by atoms with Crippen LogP contribution >= 0.6 is 0 Å².